The topological polar surface area (TPSA) is 120 Å². The van der Waals surface area contributed by atoms with E-state index in [0.717, 1.165) is 32.2 Å². The van der Waals surface area contributed by atoms with Crippen molar-refractivity contribution in [1.29, 1.82) is 0 Å². The fourth-order valence-electron chi connectivity index (χ4n) is 3.40. The van der Waals surface area contributed by atoms with Crippen LogP contribution in [0, 0.1) is 0 Å². The molecule has 1 fully saturated rings. The van der Waals surface area contributed by atoms with Crippen LogP contribution in [0.5, 0.6) is 5.75 Å². The number of rotatable bonds is 5. The van der Waals surface area contributed by atoms with E-state index in [2.05, 4.69) is 9.12 Å². The number of nitrogens with zero attached hydrogens (tertiary/aromatic N) is 2. The van der Waals surface area contributed by atoms with Crippen molar-refractivity contribution in [2.75, 3.05) is 17.9 Å². The Bertz CT molecular complexity index is 710. The lowest BCUT2D eigenvalue weighted by Crippen LogP contribution is -2.46. The fourth-order valence-corrected chi connectivity index (χ4v) is 4.28. The van der Waals surface area contributed by atoms with Crippen molar-refractivity contribution in [3.8, 4) is 5.75 Å². The molecule has 0 aromatic heterocycles. The number of carbonyl (C=O) groups is 1. The number of anilines is 1. The second-order valence-electron chi connectivity index (χ2n) is 6.57. The third-order valence-corrected chi connectivity index (χ3v) is 5.54. The Morgan fingerprint density at radius 1 is 1.46 bits per heavy atom. The minimum absolute atomic E-state index is 0.0249. The van der Waals surface area contributed by atoms with Crippen LogP contribution in [-0.4, -0.2) is 44.9 Å². The molecule has 1 amide bonds. The third kappa shape index (κ3) is 4.05. The first-order valence-electron chi connectivity index (χ1n) is 8.88. The fraction of sp³-hybridized carbons (Fsp3) is 0.529. The Morgan fingerprint density at radius 2 is 2.27 bits per heavy atom. The number of nitrogens with two attached hydrogens (primary N) is 1. The molecule has 1 aromatic carbocycles. The van der Waals surface area contributed by atoms with E-state index in [1.54, 1.807) is 18.2 Å². The summed E-state index contributed by atoms with van der Waals surface area (Å²) < 4.78 is 31.8. The standard InChI is InChI=1S/C17H26N4O4S/c1-2-6-15(22)21-10-4-3-7-12(21)11-25-14-9-5-8-13-16(14)17(18)20-26(23,24)19-13/h5,8-9,12,19,23-24H,2-4,6-7,10-11H2,1H3,(H2,18,20). The van der Waals surface area contributed by atoms with Crippen molar-refractivity contribution >= 4 is 28.4 Å². The summed E-state index contributed by atoms with van der Waals surface area (Å²) >= 11 is 0. The van der Waals surface area contributed by atoms with Crippen LogP contribution in [0.4, 0.5) is 5.69 Å². The Labute approximate surface area is 155 Å². The third-order valence-electron chi connectivity index (χ3n) is 4.60. The van der Waals surface area contributed by atoms with Gasteiger partial charge < -0.3 is 15.4 Å². The molecule has 9 heteroatoms. The highest BCUT2D eigenvalue weighted by Gasteiger charge is 2.28. The van der Waals surface area contributed by atoms with E-state index in [-0.39, 0.29) is 17.8 Å². The Morgan fingerprint density at radius 3 is 3.04 bits per heavy atom. The molecule has 3 rings (SSSR count). The molecule has 2 heterocycles. The van der Waals surface area contributed by atoms with Crippen molar-refractivity contribution in [2.45, 2.75) is 45.1 Å². The highest BCUT2D eigenvalue weighted by Crippen LogP contribution is 2.46. The molecule has 0 saturated carbocycles. The summed E-state index contributed by atoms with van der Waals surface area (Å²) in [6, 6.07) is 5.24. The van der Waals surface area contributed by atoms with Crippen molar-refractivity contribution < 1.29 is 18.6 Å². The van der Waals surface area contributed by atoms with Gasteiger partial charge in [0.15, 0.2) is 5.84 Å². The van der Waals surface area contributed by atoms with E-state index in [0.29, 0.717) is 30.0 Å². The maximum Gasteiger partial charge on any atom is 0.222 e. The van der Waals surface area contributed by atoms with Gasteiger partial charge in [-0.1, -0.05) is 13.0 Å². The summed E-state index contributed by atoms with van der Waals surface area (Å²) in [4.78, 5) is 14.3. The molecule has 0 spiro atoms. The SMILES string of the molecule is CCCC(=O)N1CCCCC1COc1cccc2c1C(N)=NS(O)(O)N2. The zero-order chi connectivity index (χ0) is 18.7. The van der Waals surface area contributed by atoms with Crippen LogP contribution in [0.15, 0.2) is 22.6 Å². The number of likely N-dealkylation sites (tertiary alicyclic amines) is 1. The molecule has 0 bridgehead atoms. The van der Waals surface area contributed by atoms with Crippen molar-refractivity contribution in [3.63, 3.8) is 0 Å². The van der Waals surface area contributed by atoms with Crippen LogP contribution >= 0.6 is 11.0 Å². The van der Waals surface area contributed by atoms with Crippen LogP contribution in [0.1, 0.15) is 44.6 Å². The zero-order valence-electron chi connectivity index (χ0n) is 14.9. The van der Waals surface area contributed by atoms with Crippen LogP contribution in [0.2, 0.25) is 0 Å². The van der Waals surface area contributed by atoms with E-state index in [1.165, 1.54) is 0 Å². The Hall–Kier alpha value is -1.97. The summed E-state index contributed by atoms with van der Waals surface area (Å²) in [6.07, 6.45) is 4.39. The molecule has 26 heavy (non-hydrogen) atoms. The lowest BCUT2D eigenvalue weighted by atomic mass is 10.0. The molecular formula is C17H26N4O4S. The highest BCUT2D eigenvalue weighted by molar-refractivity contribution is 8.24. The quantitative estimate of drug-likeness (QED) is 0.621. The van der Waals surface area contributed by atoms with Crippen molar-refractivity contribution in [1.82, 2.24) is 4.90 Å². The zero-order valence-corrected chi connectivity index (χ0v) is 15.7. The van der Waals surface area contributed by atoms with Gasteiger partial charge in [0.1, 0.15) is 12.4 Å². The first-order chi connectivity index (χ1) is 12.4. The average Bonchev–Trinajstić information content (AvgIpc) is 2.59. The van der Waals surface area contributed by atoms with Gasteiger partial charge in [-0.15, -0.1) is 4.40 Å². The first kappa shape index (κ1) is 18.8. The summed E-state index contributed by atoms with van der Waals surface area (Å²) in [6.45, 7) is 3.14. The molecule has 2 aliphatic heterocycles. The second-order valence-corrected chi connectivity index (χ2v) is 8.00. The lowest BCUT2D eigenvalue weighted by Gasteiger charge is -2.36. The van der Waals surface area contributed by atoms with E-state index in [4.69, 9.17) is 10.5 Å². The summed E-state index contributed by atoms with van der Waals surface area (Å²) in [5, 5.41) is 0. The number of piperidine rings is 1. The van der Waals surface area contributed by atoms with E-state index < -0.39 is 11.0 Å². The van der Waals surface area contributed by atoms with Crippen LogP contribution < -0.4 is 15.2 Å². The summed E-state index contributed by atoms with van der Waals surface area (Å²) in [5.74, 6) is 0.712. The van der Waals surface area contributed by atoms with E-state index in [1.807, 2.05) is 11.8 Å². The molecule has 1 saturated heterocycles. The Kier molecular flexibility index (Phi) is 5.59. The van der Waals surface area contributed by atoms with Gasteiger partial charge in [-0.2, -0.15) is 0 Å². The van der Waals surface area contributed by atoms with Crippen molar-refractivity contribution in [3.05, 3.63) is 23.8 Å². The van der Waals surface area contributed by atoms with Gasteiger partial charge in [-0.25, -0.2) is 0 Å². The Balaban J connectivity index is 1.75. The molecule has 144 valence electrons. The molecule has 2 aliphatic rings. The predicted octanol–water partition coefficient (Wildman–Crippen LogP) is 2.96. The normalized spacial score (nSPS) is 22.7. The molecule has 1 atom stereocenters. The van der Waals surface area contributed by atoms with Gasteiger partial charge in [0.2, 0.25) is 5.91 Å². The van der Waals surface area contributed by atoms with Gasteiger partial charge in [-0.3, -0.25) is 18.6 Å². The number of ether oxygens (including phenoxy) is 1. The number of hydrogen-bond acceptors (Lipinski definition) is 7. The molecule has 5 N–H and O–H groups in total. The van der Waals surface area contributed by atoms with Gasteiger partial charge >= 0.3 is 0 Å². The number of fused-ring (bicyclic) bond motifs is 1. The van der Waals surface area contributed by atoms with Crippen molar-refractivity contribution in [2.24, 2.45) is 10.1 Å². The maximum atomic E-state index is 12.3. The number of nitrogens with one attached hydrogen (secondary N) is 1. The maximum absolute atomic E-state index is 12.3. The first-order valence-corrected chi connectivity index (χ1v) is 10.4. The average molecular weight is 382 g/mol. The monoisotopic (exact) mass is 382 g/mol. The van der Waals surface area contributed by atoms with Gasteiger partial charge in [-0.05, 0) is 48.8 Å². The van der Waals surface area contributed by atoms with Crippen LogP contribution in [-0.2, 0) is 4.79 Å². The van der Waals surface area contributed by atoms with E-state index >= 15 is 0 Å². The summed E-state index contributed by atoms with van der Waals surface area (Å²) in [5.41, 5.74) is 6.90. The number of amidine groups is 1. The molecule has 1 unspecified atom stereocenters. The van der Waals surface area contributed by atoms with Gasteiger partial charge in [0.05, 0.1) is 17.3 Å². The number of benzene rings is 1. The molecule has 1 aromatic rings. The van der Waals surface area contributed by atoms with Crippen LogP contribution in [0.25, 0.3) is 0 Å². The number of amides is 1. The minimum atomic E-state index is -3.32. The molecule has 8 nitrogen and oxygen atoms in total. The largest absolute Gasteiger partial charge is 0.491 e. The van der Waals surface area contributed by atoms with Gasteiger partial charge in [0.25, 0.3) is 0 Å². The second kappa shape index (κ2) is 7.73. The molecule has 0 aliphatic carbocycles. The smallest absolute Gasteiger partial charge is 0.222 e. The lowest BCUT2D eigenvalue weighted by molar-refractivity contribution is -0.135. The number of carbonyl (C=O) groups excluding carboxylic acids is 1. The highest BCUT2D eigenvalue weighted by atomic mass is 32.3. The minimum Gasteiger partial charge on any atom is -0.491 e. The van der Waals surface area contributed by atoms with Gasteiger partial charge in [0, 0.05) is 13.0 Å². The summed E-state index contributed by atoms with van der Waals surface area (Å²) in [7, 11) is -3.32. The molecule has 0 radical (unpaired) electrons. The predicted molar refractivity (Wildman–Crippen MR) is 103 cm³/mol. The molecular weight excluding hydrogens is 356 g/mol. The van der Waals surface area contributed by atoms with Crippen LogP contribution in [0.3, 0.4) is 0 Å². The number of hydrogen-bond donors (Lipinski definition) is 4. The van der Waals surface area contributed by atoms with E-state index in [9.17, 15) is 13.9 Å².